The third kappa shape index (κ3) is 2.73. The van der Waals surface area contributed by atoms with Crippen LogP contribution in [0.2, 0.25) is 0 Å². The number of piperidine rings is 1. The summed E-state index contributed by atoms with van der Waals surface area (Å²) in [6, 6.07) is 6.20. The zero-order valence-corrected chi connectivity index (χ0v) is 13.2. The van der Waals surface area contributed by atoms with Crippen LogP contribution in [0.15, 0.2) is 22.7 Å². The second-order valence-corrected chi connectivity index (χ2v) is 5.64. The molecule has 2 heterocycles. The molecule has 0 radical (unpaired) electrons. The van der Waals surface area contributed by atoms with Crippen LogP contribution in [0, 0.1) is 5.92 Å². The number of nitrogens with zero attached hydrogens (tertiary/aromatic N) is 3. The maximum atomic E-state index is 5.45. The van der Waals surface area contributed by atoms with Crippen molar-refractivity contribution in [1.82, 2.24) is 10.1 Å². The number of rotatable bonds is 4. The van der Waals surface area contributed by atoms with Crippen LogP contribution in [-0.2, 0) is 0 Å². The van der Waals surface area contributed by atoms with Crippen molar-refractivity contribution in [2.75, 3.05) is 32.2 Å². The Labute approximate surface area is 130 Å². The molecule has 0 N–H and O–H groups in total. The molecule has 1 fully saturated rings. The maximum absolute atomic E-state index is 5.45. The second kappa shape index (κ2) is 6.25. The van der Waals surface area contributed by atoms with E-state index in [2.05, 4.69) is 22.0 Å². The fraction of sp³-hybridized carbons (Fsp3) is 0.500. The first-order valence-corrected chi connectivity index (χ1v) is 7.53. The first kappa shape index (κ1) is 14.7. The molecule has 0 saturated carbocycles. The first-order chi connectivity index (χ1) is 10.7. The third-order valence-corrected chi connectivity index (χ3v) is 3.99. The maximum Gasteiger partial charge on any atom is 0.324 e. The van der Waals surface area contributed by atoms with Crippen molar-refractivity contribution in [3.8, 4) is 22.9 Å². The molecule has 1 aromatic carbocycles. The summed E-state index contributed by atoms with van der Waals surface area (Å²) < 4.78 is 16.2. The van der Waals surface area contributed by atoms with Crippen LogP contribution in [0.5, 0.6) is 11.5 Å². The SMILES string of the molecule is COc1cccc(-c2noc(N3CCC[C@@H](C)C3)n2)c1OC. The monoisotopic (exact) mass is 303 g/mol. The van der Waals surface area contributed by atoms with Gasteiger partial charge in [0.25, 0.3) is 0 Å². The fourth-order valence-electron chi connectivity index (χ4n) is 2.88. The van der Waals surface area contributed by atoms with E-state index in [0.717, 1.165) is 25.1 Å². The van der Waals surface area contributed by atoms with E-state index < -0.39 is 0 Å². The van der Waals surface area contributed by atoms with Gasteiger partial charge < -0.3 is 18.9 Å². The van der Waals surface area contributed by atoms with Gasteiger partial charge in [0, 0.05) is 13.1 Å². The van der Waals surface area contributed by atoms with Crippen molar-refractivity contribution in [1.29, 1.82) is 0 Å². The summed E-state index contributed by atoms with van der Waals surface area (Å²) >= 11 is 0. The Balaban J connectivity index is 1.91. The smallest absolute Gasteiger partial charge is 0.324 e. The molecule has 0 unspecified atom stereocenters. The molecule has 6 nitrogen and oxygen atoms in total. The van der Waals surface area contributed by atoms with Crippen molar-refractivity contribution in [3.05, 3.63) is 18.2 Å². The van der Waals surface area contributed by atoms with Crippen LogP contribution >= 0.6 is 0 Å². The summed E-state index contributed by atoms with van der Waals surface area (Å²) in [6.45, 7) is 4.16. The molecule has 0 aliphatic carbocycles. The van der Waals surface area contributed by atoms with Gasteiger partial charge in [0.05, 0.1) is 19.8 Å². The van der Waals surface area contributed by atoms with Gasteiger partial charge in [-0.1, -0.05) is 18.1 Å². The molecular formula is C16H21N3O3. The Morgan fingerprint density at radius 2 is 2.14 bits per heavy atom. The lowest BCUT2D eigenvalue weighted by Crippen LogP contribution is -2.34. The van der Waals surface area contributed by atoms with Crippen LogP contribution in [0.25, 0.3) is 11.4 Å². The predicted octanol–water partition coefficient (Wildman–Crippen LogP) is 2.99. The highest BCUT2D eigenvalue weighted by molar-refractivity contribution is 5.69. The quantitative estimate of drug-likeness (QED) is 0.865. The van der Waals surface area contributed by atoms with Crippen LogP contribution in [0.4, 0.5) is 6.01 Å². The summed E-state index contributed by atoms with van der Waals surface area (Å²) in [5.74, 6) is 2.43. The normalized spacial score (nSPS) is 18.3. The Morgan fingerprint density at radius 3 is 2.86 bits per heavy atom. The fourth-order valence-corrected chi connectivity index (χ4v) is 2.88. The van der Waals surface area contributed by atoms with Crippen molar-refractivity contribution in [3.63, 3.8) is 0 Å². The van der Waals surface area contributed by atoms with Gasteiger partial charge in [-0.15, -0.1) is 0 Å². The van der Waals surface area contributed by atoms with Crippen LogP contribution < -0.4 is 14.4 Å². The topological polar surface area (TPSA) is 60.6 Å². The molecular weight excluding hydrogens is 282 g/mol. The molecule has 0 spiro atoms. The number of benzene rings is 1. The van der Waals surface area contributed by atoms with Crippen LogP contribution in [0.1, 0.15) is 19.8 Å². The number of methoxy groups -OCH3 is 2. The van der Waals surface area contributed by atoms with Gasteiger partial charge in [-0.2, -0.15) is 4.98 Å². The average molecular weight is 303 g/mol. The molecule has 1 aliphatic rings. The standard InChI is InChI=1S/C16H21N3O3/c1-11-6-5-9-19(10-11)16-17-15(18-22-16)12-7-4-8-13(20-2)14(12)21-3/h4,7-8,11H,5-6,9-10H2,1-3H3/t11-/m1/s1. The lowest BCUT2D eigenvalue weighted by atomic mass is 10.0. The Morgan fingerprint density at radius 1 is 1.27 bits per heavy atom. The first-order valence-electron chi connectivity index (χ1n) is 7.53. The van der Waals surface area contributed by atoms with Gasteiger partial charge in [-0.3, -0.25) is 0 Å². The lowest BCUT2D eigenvalue weighted by molar-refractivity contribution is 0.355. The van der Waals surface area contributed by atoms with Gasteiger partial charge in [0.1, 0.15) is 0 Å². The van der Waals surface area contributed by atoms with Gasteiger partial charge in [0.2, 0.25) is 5.82 Å². The van der Waals surface area contributed by atoms with Gasteiger partial charge >= 0.3 is 6.01 Å². The van der Waals surface area contributed by atoms with Gasteiger partial charge in [-0.05, 0) is 30.9 Å². The van der Waals surface area contributed by atoms with Crippen LogP contribution in [-0.4, -0.2) is 37.4 Å². The summed E-state index contributed by atoms with van der Waals surface area (Å²) in [5.41, 5.74) is 0.766. The van der Waals surface area contributed by atoms with E-state index in [1.165, 1.54) is 6.42 Å². The molecule has 6 heteroatoms. The summed E-state index contributed by atoms with van der Waals surface area (Å²) in [7, 11) is 3.22. The number of anilines is 1. The molecule has 22 heavy (non-hydrogen) atoms. The van der Waals surface area contributed by atoms with E-state index in [9.17, 15) is 0 Å². The van der Waals surface area contributed by atoms with Crippen molar-refractivity contribution < 1.29 is 14.0 Å². The minimum Gasteiger partial charge on any atom is -0.493 e. The lowest BCUT2D eigenvalue weighted by Gasteiger charge is -2.28. The van der Waals surface area contributed by atoms with Gasteiger partial charge in [-0.25, -0.2) is 0 Å². The Kier molecular flexibility index (Phi) is 4.18. The molecule has 1 aliphatic heterocycles. The zero-order chi connectivity index (χ0) is 15.5. The molecule has 0 amide bonds. The molecule has 118 valence electrons. The Bertz CT molecular complexity index is 641. The minimum atomic E-state index is 0.518. The molecule has 3 rings (SSSR count). The summed E-state index contributed by atoms with van der Waals surface area (Å²) in [4.78, 5) is 6.69. The van der Waals surface area contributed by atoms with Crippen LogP contribution in [0.3, 0.4) is 0 Å². The average Bonchev–Trinajstić information content (AvgIpc) is 3.03. The predicted molar refractivity (Wildman–Crippen MR) is 83.4 cm³/mol. The number of para-hydroxylation sites is 1. The van der Waals surface area contributed by atoms with E-state index in [0.29, 0.717) is 29.3 Å². The van der Waals surface area contributed by atoms with E-state index in [4.69, 9.17) is 14.0 Å². The summed E-state index contributed by atoms with van der Waals surface area (Å²) in [5, 5.41) is 4.11. The molecule has 1 atom stereocenters. The number of ether oxygens (including phenoxy) is 2. The van der Waals surface area contributed by atoms with E-state index in [1.807, 2.05) is 18.2 Å². The largest absolute Gasteiger partial charge is 0.493 e. The van der Waals surface area contributed by atoms with E-state index in [-0.39, 0.29) is 0 Å². The number of hydrogen-bond donors (Lipinski definition) is 0. The van der Waals surface area contributed by atoms with Gasteiger partial charge in [0.15, 0.2) is 11.5 Å². The molecule has 2 aromatic rings. The van der Waals surface area contributed by atoms with E-state index >= 15 is 0 Å². The summed E-state index contributed by atoms with van der Waals surface area (Å²) in [6.07, 6.45) is 2.41. The number of hydrogen-bond acceptors (Lipinski definition) is 6. The highest BCUT2D eigenvalue weighted by Gasteiger charge is 2.23. The third-order valence-electron chi connectivity index (χ3n) is 3.99. The van der Waals surface area contributed by atoms with E-state index in [1.54, 1.807) is 14.2 Å². The zero-order valence-electron chi connectivity index (χ0n) is 13.2. The Hall–Kier alpha value is -2.24. The molecule has 1 saturated heterocycles. The molecule has 1 aromatic heterocycles. The minimum absolute atomic E-state index is 0.518. The second-order valence-electron chi connectivity index (χ2n) is 5.64. The highest BCUT2D eigenvalue weighted by Crippen LogP contribution is 2.37. The van der Waals surface area contributed by atoms with Crippen molar-refractivity contribution in [2.24, 2.45) is 5.92 Å². The van der Waals surface area contributed by atoms with Crippen molar-refractivity contribution >= 4 is 6.01 Å². The molecule has 0 bridgehead atoms. The highest BCUT2D eigenvalue weighted by atomic mass is 16.5. The van der Waals surface area contributed by atoms with Crippen molar-refractivity contribution in [2.45, 2.75) is 19.8 Å². The number of aromatic nitrogens is 2.